The minimum Gasteiger partial charge on any atom is -0.508 e. The van der Waals surface area contributed by atoms with Gasteiger partial charge in [0.2, 0.25) is 27.4 Å². The Morgan fingerprint density at radius 1 is 0.508 bits per heavy atom. The van der Waals surface area contributed by atoms with Gasteiger partial charge < -0.3 is 55.5 Å². The van der Waals surface area contributed by atoms with Crippen LogP contribution in [0.1, 0.15) is 121 Å². The normalized spacial score (nSPS) is 12.0. The number of halogens is 1. The van der Waals surface area contributed by atoms with Crippen molar-refractivity contribution in [1.29, 1.82) is 0 Å². The molecule has 1 rings (SSSR count). The Hall–Kier alpha value is -3.92. The molecular formula is C44H71IN4O14. The Morgan fingerprint density at radius 2 is 0.952 bits per heavy atom. The van der Waals surface area contributed by atoms with Gasteiger partial charge in [-0.25, -0.2) is 4.79 Å². The first-order chi connectivity index (χ1) is 30.4. The van der Waals surface area contributed by atoms with Crippen molar-refractivity contribution in [3.63, 3.8) is 0 Å². The molecule has 7 N–H and O–H groups in total. The minimum atomic E-state index is -1.19. The summed E-state index contributed by atoms with van der Waals surface area (Å²) in [6.45, 7) is 1.05. The molecule has 0 radical (unpaired) electrons. The molecule has 0 unspecified atom stereocenters. The number of unbranched alkanes of at least 4 members (excludes halogenated alkanes) is 13. The van der Waals surface area contributed by atoms with Crippen LogP contribution in [0.5, 0.6) is 5.75 Å². The number of rotatable bonds is 42. The van der Waals surface area contributed by atoms with E-state index in [9.17, 15) is 43.8 Å². The van der Waals surface area contributed by atoms with Gasteiger partial charge in [0, 0.05) is 61.4 Å². The van der Waals surface area contributed by atoms with Crippen LogP contribution < -0.4 is 21.3 Å². The van der Waals surface area contributed by atoms with Crippen LogP contribution in [-0.2, 0) is 58.9 Å². The second-order valence-corrected chi connectivity index (χ2v) is 16.2. The Kier molecular flexibility index (Phi) is 34.9. The van der Waals surface area contributed by atoms with E-state index in [1.54, 1.807) is 34.7 Å². The number of benzene rings is 1. The summed E-state index contributed by atoms with van der Waals surface area (Å²) in [5, 5.41) is 38.0. The summed E-state index contributed by atoms with van der Waals surface area (Å²) >= 11 is 1.63. The molecule has 4 amide bonds. The molecule has 0 aliphatic rings. The van der Waals surface area contributed by atoms with Crippen molar-refractivity contribution < 1.29 is 67.8 Å². The number of aromatic hydroxyl groups is 1. The molecular weight excluding hydrogens is 935 g/mol. The third kappa shape index (κ3) is 35.2. The van der Waals surface area contributed by atoms with Crippen molar-refractivity contribution in [2.45, 2.75) is 134 Å². The molecule has 0 aliphatic heterocycles. The fraction of sp³-hybridized carbons (Fsp3) is 0.705. The fourth-order valence-corrected chi connectivity index (χ4v) is 6.58. The van der Waals surface area contributed by atoms with E-state index in [0.717, 1.165) is 50.5 Å². The monoisotopic (exact) mass is 1010 g/mol. The minimum absolute atomic E-state index is 0.0352. The predicted octanol–water partition coefficient (Wildman–Crippen LogP) is 4.36. The predicted molar refractivity (Wildman–Crippen MR) is 242 cm³/mol. The molecule has 1 aromatic rings. The van der Waals surface area contributed by atoms with E-state index in [1.807, 2.05) is 0 Å². The summed E-state index contributed by atoms with van der Waals surface area (Å²) in [5.74, 6) is -3.29. The molecule has 18 nitrogen and oxygen atoms in total. The lowest BCUT2D eigenvalue weighted by atomic mass is 10.0. The number of hydrogen-bond acceptors (Lipinski definition) is 12. The third-order valence-corrected chi connectivity index (χ3v) is 10.4. The number of nitrogens with one attached hydrogen (secondary N) is 4. The fourth-order valence-electron chi connectivity index (χ4n) is 6.21. The van der Waals surface area contributed by atoms with Gasteiger partial charge in [-0.15, -0.1) is 0 Å². The average molecular weight is 1010 g/mol. The van der Waals surface area contributed by atoms with Crippen LogP contribution >= 0.6 is 22.6 Å². The largest absolute Gasteiger partial charge is 0.508 e. The molecule has 0 fully saturated rings. The maximum absolute atomic E-state index is 12.3. The van der Waals surface area contributed by atoms with E-state index in [1.165, 1.54) is 50.7 Å². The molecule has 0 aliphatic carbocycles. The van der Waals surface area contributed by atoms with Crippen LogP contribution in [0, 0.1) is 0 Å². The lowest BCUT2D eigenvalue weighted by Crippen LogP contribution is -2.42. The quantitative estimate of drug-likeness (QED) is 0.0273. The molecule has 358 valence electrons. The van der Waals surface area contributed by atoms with Gasteiger partial charge in [-0.1, -0.05) is 89.2 Å². The Morgan fingerprint density at radius 3 is 1.44 bits per heavy atom. The van der Waals surface area contributed by atoms with E-state index in [0.29, 0.717) is 6.42 Å². The van der Waals surface area contributed by atoms with Gasteiger partial charge in [0.25, 0.3) is 0 Å². The first-order valence-corrected chi connectivity index (χ1v) is 23.3. The summed E-state index contributed by atoms with van der Waals surface area (Å²) < 4.78 is 21.1. The first-order valence-electron chi connectivity index (χ1n) is 22.2. The number of hydrogen-bond donors (Lipinski definition) is 7. The molecule has 63 heavy (non-hydrogen) atoms. The van der Waals surface area contributed by atoms with Crippen molar-refractivity contribution in [3.8, 4) is 5.75 Å². The topological polar surface area (TPSA) is 265 Å². The highest BCUT2D eigenvalue weighted by atomic mass is 127. The van der Waals surface area contributed by atoms with E-state index in [4.69, 9.17) is 24.1 Å². The highest BCUT2D eigenvalue weighted by Gasteiger charge is 2.21. The maximum Gasteiger partial charge on any atom is 0.326 e. The van der Waals surface area contributed by atoms with Gasteiger partial charge >= 0.3 is 11.9 Å². The second kappa shape index (κ2) is 38.5. The highest BCUT2D eigenvalue weighted by Crippen LogP contribution is 2.15. The lowest BCUT2D eigenvalue weighted by Gasteiger charge is -2.15. The van der Waals surface area contributed by atoms with Crippen molar-refractivity contribution in [1.82, 2.24) is 21.3 Å². The first kappa shape index (κ1) is 57.1. The van der Waals surface area contributed by atoms with Crippen LogP contribution in [-0.4, -0.2) is 133 Å². The van der Waals surface area contributed by atoms with Crippen LogP contribution in [0.4, 0.5) is 0 Å². The molecule has 0 bridgehead atoms. The maximum atomic E-state index is 12.3. The van der Waals surface area contributed by atoms with Gasteiger partial charge in [-0.3, -0.25) is 28.8 Å². The highest BCUT2D eigenvalue weighted by molar-refractivity contribution is 14.1. The Balaban J connectivity index is 1.95. The number of ether oxygens (including phenoxy) is 4. The number of carbonyl (C=O) groups is 7. The van der Waals surface area contributed by atoms with E-state index in [-0.39, 0.29) is 125 Å². The van der Waals surface area contributed by atoms with Crippen molar-refractivity contribution >= 4 is 61.9 Å². The number of aliphatic carboxylic acids is 2. The lowest BCUT2D eigenvalue weighted by molar-refractivity contribution is -0.142. The van der Waals surface area contributed by atoms with Crippen LogP contribution in [0.3, 0.4) is 0 Å². The number of phenolic OH excluding ortho intramolecular Hbond substituents is 1. The zero-order valence-electron chi connectivity index (χ0n) is 36.7. The molecule has 1 aromatic carbocycles. The molecule has 0 spiro atoms. The SMILES string of the molecule is O=C(O)CCCCCCCCCCCCCCCCC(=O)N[C@@H](CCC(=O)NCCOCCOCC(=O)NCCOCCOCC(=O)N[C@@H](Cc1ccc(O)cc1)C(=O)I)C(=O)O. The van der Waals surface area contributed by atoms with Crippen LogP contribution in [0.25, 0.3) is 0 Å². The molecule has 19 heteroatoms. The number of amides is 4. The number of carbonyl (C=O) groups excluding carboxylic acids is 5. The molecule has 0 saturated heterocycles. The Labute approximate surface area is 385 Å². The summed E-state index contributed by atoms with van der Waals surface area (Å²) in [5.41, 5.74) is 0.785. The van der Waals surface area contributed by atoms with E-state index < -0.39 is 29.9 Å². The molecule has 0 aromatic heterocycles. The summed E-state index contributed by atoms with van der Waals surface area (Å²) in [6.07, 6.45) is 15.7. The van der Waals surface area contributed by atoms with E-state index >= 15 is 0 Å². The van der Waals surface area contributed by atoms with Crippen LogP contribution in [0.2, 0.25) is 0 Å². The van der Waals surface area contributed by atoms with Gasteiger partial charge in [0.05, 0.1) is 39.6 Å². The smallest absolute Gasteiger partial charge is 0.326 e. The molecule has 0 heterocycles. The summed E-state index contributed by atoms with van der Waals surface area (Å²) in [6, 6.07) is 4.49. The third-order valence-electron chi connectivity index (χ3n) is 9.67. The average Bonchev–Trinajstić information content (AvgIpc) is 3.24. The van der Waals surface area contributed by atoms with Crippen LogP contribution in [0.15, 0.2) is 24.3 Å². The van der Waals surface area contributed by atoms with Crippen molar-refractivity contribution in [3.05, 3.63) is 29.8 Å². The molecule has 0 saturated carbocycles. The standard InChI is InChI=1S/C44H71IN4O14/c45-43(57)37(31-34-17-19-35(50)20-18-34)49-41(54)33-63-30-28-61-26-24-47-40(53)32-62-29-27-60-25-23-46-38(51)22-21-36(44(58)59)48-39(52)15-13-11-9-7-5-3-1-2-4-6-8-10-12-14-16-42(55)56/h17-20,36-37,50H,1-16,21-33H2,(H,46,51)(H,47,53)(H,48,52)(H,49,54)(H,55,56)(H,58,59)/t36-,37-/m0/s1. The van der Waals surface area contributed by atoms with Crippen molar-refractivity contribution in [2.75, 3.05) is 65.9 Å². The summed E-state index contributed by atoms with van der Waals surface area (Å²) in [7, 11) is 0. The zero-order valence-corrected chi connectivity index (χ0v) is 38.8. The number of carboxylic acid groups (broad SMARTS) is 2. The van der Waals surface area contributed by atoms with Crippen molar-refractivity contribution in [2.24, 2.45) is 0 Å². The number of carboxylic acids is 2. The van der Waals surface area contributed by atoms with Gasteiger partial charge in [-0.05, 0) is 37.0 Å². The van der Waals surface area contributed by atoms with Gasteiger partial charge in [-0.2, -0.15) is 0 Å². The van der Waals surface area contributed by atoms with E-state index in [2.05, 4.69) is 21.3 Å². The number of phenols is 1. The molecule has 2 atom stereocenters. The summed E-state index contributed by atoms with van der Waals surface area (Å²) in [4.78, 5) is 82.8. The van der Waals surface area contributed by atoms with Gasteiger partial charge in [0.15, 0.2) is 0 Å². The van der Waals surface area contributed by atoms with Gasteiger partial charge in [0.1, 0.15) is 31.0 Å². The second-order valence-electron chi connectivity index (χ2n) is 15.2. The zero-order chi connectivity index (χ0) is 46.3. The Bertz CT molecular complexity index is 1450.